The van der Waals surface area contributed by atoms with Crippen LogP contribution in [0.1, 0.15) is 38.1 Å². The van der Waals surface area contributed by atoms with Crippen molar-refractivity contribution in [2.45, 2.75) is 39.8 Å². The van der Waals surface area contributed by atoms with Crippen LogP contribution in [0.25, 0.3) is 0 Å². The molecule has 1 aromatic carbocycles. The maximum Gasteiger partial charge on any atom is 0.0951 e. The molecule has 2 rings (SSSR count). The molecule has 0 saturated heterocycles. The maximum atomic E-state index is 4.21. The molecule has 0 aliphatic rings. The predicted molar refractivity (Wildman–Crippen MR) is 75.8 cm³/mol. The largest absolute Gasteiger partial charge is 0.379 e. The monoisotopic (exact) mass is 243 g/mol. The smallest absolute Gasteiger partial charge is 0.0951 e. The Morgan fingerprint density at radius 1 is 1.22 bits per heavy atom. The average Bonchev–Trinajstić information content (AvgIpc) is 2.85. The van der Waals surface area contributed by atoms with Crippen molar-refractivity contribution in [2.75, 3.05) is 5.32 Å². The molecule has 3 heteroatoms. The molecule has 1 N–H and O–H groups in total. The minimum absolute atomic E-state index is 0.451. The second kappa shape index (κ2) is 5.71. The molecule has 2 aromatic rings. The number of anilines is 1. The summed E-state index contributed by atoms with van der Waals surface area (Å²) < 4.78 is 2.19. The van der Waals surface area contributed by atoms with Crippen LogP contribution in [0.2, 0.25) is 0 Å². The van der Waals surface area contributed by atoms with Gasteiger partial charge in [-0.05, 0) is 38.0 Å². The van der Waals surface area contributed by atoms with Gasteiger partial charge in [-0.3, -0.25) is 0 Å². The number of aromatic nitrogens is 2. The second-order valence-electron chi connectivity index (χ2n) is 4.79. The lowest BCUT2D eigenvalue weighted by molar-refractivity contribution is 0.577. The number of hydrogen-bond donors (Lipinski definition) is 1. The van der Waals surface area contributed by atoms with Gasteiger partial charge in [-0.1, -0.05) is 19.1 Å². The molecule has 0 atom stereocenters. The molecule has 96 valence electrons. The lowest BCUT2D eigenvalue weighted by Crippen LogP contribution is -2.08. The van der Waals surface area contributed by atoms with Gasteiger partial charge >= 0.3 is 0 Å². The SMILES string of the molecule is CCc1ccc(NCc2cncn2C(C)C)cc1. The number of nitrogens with one attached hydrogen (secondary N) is 1. The van der Waals surface area contributed by atoms with Crippen molar-refractivity contribution in [3.8, 4) is 0 Å². The summed E-state index contributed by atoms with van der Waals surface area (Å²) in [4.78, 5) is 4.21. The molecule has 0 amide bonds. The molecule has 1 heterocycles. The first-order valence-electron chi connectivity index (χ1n) is 6.54. The van der Waals surface area contributed by atoms with Crippen LogP contribution in [-0.4, -0.2) is 9.55 Å². The summed E-state index contributed by atoms with van der Waals surface area (Å²) in [5.41, 5.74) is 3.74. The zero-order valence-corrected chi connectivity index (χ0v) is 11.4. The fourth-order valence-electron chi connectivity index (χ4n) is 1.98. The summed E-state index contributed by atoms with van der Waals surface area (Å²) in [6.07, 6.45) is 4.90. The van der Waals surface area contributed by atoms with E-state index in [1.165, 1.54) is 11.3 Å². The molecule has 0 aliphatic carbocycles. The topological polar surface area (TPSA) is 29.9 Å². The summed E-state index contributed by atoms with van der Waals surface area (Å²) in [6.45, 7) is 7.32. The van der Waals surface area contributed by atoms with Crippen LogP contribution in [0.15, 0.2) is 36.8 Å². The van der Waals surface area contributed by atoms with Crippen LogP contribution in [0, 0.1) is 0 Å². The van der Waals surface area contributed by atoms with E-state index < -0.39 is 0 Å². The highest BCUT2D eigenvalue weighted by molar-refractivity contribution is 5.44. The van der Waals surface area contributed by atoms with Gasteiger partial charge in [0.15, 0.2) is 0 Å². The third-order valence-electron chi connectivity index (χ3n) is 3.14. The van der Waals surface area contributed by atoms with Gasteiger partial charge in [0.2, 0.25) is 0 Å². The number of rotatable bonds is 5. The van der Waals surface area contributed by atoms with Crippen LogP contribution in [0.4, 0.5) is 5.69 Å². The lowest BCUT2D eigenvalue weighted by Gasteiger charge is -2.13. The quantitative estimate of drug-likeness (QED) is 0.869. The number of benzene rings is 1. The minimum Gasteiger partial charge on any atom is -0.379 e. The van der Waals surface area contributed by atoms with E-state index in [4.69, 9.17) is 0 Å². The van der Waals surface area contributed by atoms with Gasteiger partial charge in [-0.15, -0.1) is 0 Å². The third-order valence-corrected chi connectivity index (χ3v) is 3.14. The summed E-state index contributed by atoms with van der Waals surface area (Å²) >= 11 is 0. The van der Waals surface area contributed by atoms with E-state index in [1.807, 2.05) is 12.5 Å². The highest BCUT2D eigenvalue weighted by Gasteiger charge is 2.04. The first kappa shape index (κ1) is 12.7. The molecule has 0 bridgehead atoms. The predicted octanol–water partition coefficient (Wildman–Crippen LogP) is 3.64. The molecule has 0 unspecified atom stereocenters. The Morgan fingerprint density at radius 2 is 1.94 bits per heavy atom. The zero-order chi connectivity index (χ0) is 13.0. The minimum atomic E-state index is 0.451. The fourth-order valence-corrected chi connectivity index (χ4v) is 1.98. The van der Waals surface area contributed by atoms with Crippen LogP contribution in [0.5, 0.6) is 0 Å². The van der Waals surface area contributed by atoms with Crippen LogP contribution in [-0.2, 0) is 13.0 Å². The van der Waals surface area contributed by atoms with E-state index in [1.54, 1.807) is 0 Å². The van der Waals surface area contributed by atoms with Crippen molar-refractivity contribution < 1.29 is 0 Å². The van der Waals surface area contributed by atoms with Gasteiger partial charge in [-0.25, -0.2) is 4.98 Å². The molecular formula is C15H21N3. The van der Waals surface area contributed by atoms with E-state index in [2.05, 4.69) is 59.9 Å². The van der Waals surface area contributed by atoms with E-state index >= 15 is 0 Å². The van der Waals surface area contributed by atoms with Gasteiger partial charge < -0.3 is 9.88 Å². The standard InChI is InChI=1S/C15H21N3/c1-4-13-5-7-14(8-6-13)17-10-15-9-16-11-18(15)12(2)3/h5-9,11-12,17H,4,10H2,1-3H3. The van der Waals surface area contributed by atoms with E-state index in [0.29, 0.717) is 6.04 Å². The van der Waals surface area contributed by atoms with Crippen molar-refractivity contribution in [1.82, 2.24) is 9.55 Å². The summed E-state index contributed by atoms with van der Waals surface area (Å²) in [5, 5.41) is 3.43. The normalized spacial score (nSPS) is 10.9. The number of hydrogen-bond acceptors (Lipinski definition) is 2. The molecule has 0 spiro atoms. The van der Waals surface area contributed by atoms with Crippen LogP contribution >= 0.6 is 0 Å². The Labute approximate surface area is 109 Å². The molecular weight excluding hydrogens is 222 g/mol. The number of nitrogens with zero attached hydrogens (tertiary/aromatic N) is 2. The second-order valence-corrected chi connectivity index (χ2v) is 4.79. The Kier molecular flexibility index (Phi) is 4.03. The number of aryl methyl sites for hydroxylation is 1. The zero-order valence-electron chi connectivity index (χ0n) is 11.4. The fraction of sp³-hybridized carbons (Fsp3) is 0.400. The van der Waals surface area contributed by atoms with E-state index in [9.17, 15) is 0 Å². The van der Waals surface area contributed by atoms with Gasteiger partial charge in [0.1, 0.15) is 0 Å². The van der Waals surface area contributed by atoms with Crippen molar-refractivity contribution in [3.63, 3.8) is 0 Å². The molecule has 0 aliphatic heterocycles. The van der Waals surface area contributed by atoms with Gasteiger partial charge in [0.05, 0.1) is 18.6 Å². The van der Waals surface area contributed by atoms with Crippen LogP contribution < -0.4 is 5.32 Å². The first-order valence-corrected chi connectivity index (χ1v) is 6.54. The maximum absolute atomic E-state index is 4.21. The highest BCUT2D eigenvalue weighted by Crippen LogP contribution is 2.13. The third kappa shape index (κ3) is 2.92. The van der Waals surface area contributed by atoms with Crippen LogP contribution in [0.3, 0.4) is 0 Å². The molecule has 18 heavy (non-hydrogen) atoms. The van der Waals surface area contributed by atoms with E-state index in [0.717, 1.165) is 18.7 Å². The molecule has 0 saturated carbocycles. The first-order chi connectivity index (χ1) is 8.70. The van der Waals surface area contributed by atoms with Crippen molar-refractivity contribution >= 4 is 5.69 Å². The average molecular weight is 243 g/mol. The van der Waals surface area contributed by atoms with Crippen molar-refractivity contribution in [1.29, 1.82) is 0 Å². The summed E-state index contributed by atoms with van der Waals surface area (Å²) in [6, 6.07) is 9.06. The molecule has 3 nitrogen and oxygen atoms in total. The lowest BCUT2D eigenvalue weighted by atomic mass is 10.1. The Bertz CT molecular complexity index is 483. The van der Waals surface area contributed by atoms with Gasteiger partial charge in [0, 0.05) is 17.9 Å². The Morgan fingerprint density at radius 3 is 2.56 bits per heavy atom. The molecule has 0 fully saturated rings. The Balaban J connectivity index is 2.00. The summed E-state index contributed by atoms with van der Waals surface area (Å²) in [5.74, 6) is 0. The van der Waals surface area contributed by atoms with E-state index in [-0.39, 0.29) is 0 Å². The molecule has 0 radical (unpaired) electrons. The van der Waals surface area contributed by atoms with Gasteiger partial charge in [-0.2, -0.15) is 0 Å². The summed E-state index contributed by atoms with van der Waals surface area (Å²) in [7, 11) is 0. The van der Waals surface area contributed by atoms with Crippen molar-refractivity contribution in [3.05, 3.63) is 48.0 Å². The molecule has 1 aromatic heterocycles. The highest BCUT2D eigenvalue weighted by atomic mass is 15.1. The van der Waals surface area contributed by atoms with Crippen molar-refractivity contribution in [2.24, 2.45) is 0 Å². The van der Waals surface area contributed by atoms with Gasteiger partial charge in [0.25, 0.3) is 0 Å². The Hall–Kier alpha value is -1.77. The number of imidazole rings is 1.